The van der Waals surface area contributed by atoms with Crippen LogP contribution in [0.25, 0.3) is 11.2 Å². The minimum absolute atomic E-state index is 0.00567. The second-order valence-corrected chi connectivity index (χ2v) is 8.47. The highest BCUT2D eigenvalue weighted by molar-refractivity contribution is 5.97. The van der Waals surface area contributed by atoms with Crippen LogP contribution >= 0.6 is 0 Å². The quantitative estimate of drug-likeness (QED) is 0.248. The first-order chi connectivity index (χ1) is 17.2. The molecule has 0 aliphatic rings. The molecule has 0 bridgehead atoms. The number of aromatic amines is 1. The molecule has 190 valence electrons. The Morgan fingerprint density at radius 3 is 2.53 bits per heavy atom. The van der Waals surface area contributed by atoms with Crippen LogP contribution in [-0.4, -0.2) is 48.7 Å². The standard InChI is InChI=1S/C24H29N7O5/c1-3-4-13(2)18(32)10-9-17(23(35)36)29-21(33)14-5-7-15(8-6-14)26-11-16-12-27-20-19(28-16)22(34)31-24(25)30-20/h5-8,12-13,17,26H,3-4,9-11H2,1-2H3,(H,29,33)(H,35,36)(H3,25,27,30,31,34)/t13?,17-/m0/s1. The average Bonchev–Trinajstić information content (AvgIpc) is 2.85. The lowest BCUT2D eigenvalue weighted by atomic mass is 9.96. The van der Waals surface area contributed by atoms with Gasteiger partial charge >= 0.3 is 5.97 Å². The molecule has 2 atom stereocenters. The smallest absolute Gasteiger partial charge is 0.326 e. The van der Waals surface area contributed by atoms with Crippen LogP contribution < -0.4 is 21.9 Å². The lowest BCUT2D eigenvalue weighted by Gasteiger charge is -2.16. The normalized spacial score (nSPS) is 12.6. The Kier molecular flexibility index (Phi) is 8.66. The first-order valence-electron chi connectivity index (χ1n) is 11.6. The largest absolute Gasteiger partial charge is 0.480 e. The Hall–Kier alpha value is -4.35. The molecule has 0 aliphatic heterocycles. The summed E-state index contributed by atoms with van der Waals surface area (Å²) in [6.07, 6.45) is 3.23. The minimum atomic E-state index is -1.19. The summed E-state index contributed by atoms with van der Waals surface area (Å²) in [5, 5.41) is 15.1. The fourth-order valence-electron chi connectivity index (χ4n) is 3.61. The molecule has 2 heterocycles. The Balaban J connectivity index is 1.57. The van der Waals surface area contributed by atoms with E-state index in [9.17, 15) is 24.3 Å². The van der Waals surface area contributed by atoms with Gasteiger partial charge in [0, 0.05) is 23.6 Å². The van der Waals surface area contributed by atoms with E-state index in [0.717, 1.165) is 12.8 Å². The van der Waals surface area contributed by atoms with Gasteiger partial charge in [0.1, 0.15) is 11.8 Å². The molecule has 36 heavy (non-hydrogen) atoms. The van der Waals surface area contributed by atoms with Crippen molar-refractivity contribution in [2.24, 2.45) is 5.92 Å². The molecule has 12 nitrogen and oxygen atoms in total. The molecule has 1 amide bonds. The number of carbonyl (C=O) groups is 3. The highest BCUT2D eigenvalue weighted by Gasteiger charge is 2.23. The Bertz CT molecular complexity index is 1310. The first kappa shape index (κ1) is 26.3. The predicted molar refractivity (Wildman–Crippen MR) is 133 cm³/mol. The lowest BCUT2D eigenvalue weighted by molar-refractivity contribution is -0.139. The number of carbonyl (C=O) groups excluding carboxylic acids is 2. The van der Waals surface area contributed by atoms with E-state index in [4.69, 9.17) is 5.73 Å². The third-order valence-corrected chi connectivity index (χ3v) is 5.66. The van der Waals surface area contributed by atoms with E-state index in [1.165, 1.54) is 6.20 Å². The van der Waals surface area contributed by atoms with Gasteiger partial charge in [-0.1, -0.05) is 20.3 Å². The van der Waals surface area contributed by atoms with Crippen molar-refractivity contribution in [1.82, 2.24) is 25.3 Å². The first-order valence-corrected chi connectivity index (χ1v) is 11.6. The SMILES string of the molecule is CCCC(C)C(=O)CC[C@H](NC(=O)c1ccc(NCc2cnc3nc(N)[nH]c(=O)c3n2)cc1)C(=O)O. The molecule has 0 radical (unpaired) electrons. The number of Topliss-reactive ketones (excluding diaryl/α,β-unsaturated/α-hetero) is 1. The van der Waals surface area contributed by atoms with E-state index < -0.39 is 23.5 Å². The number of nitrogens with one attached hydrogen (secondary N) is 3. The number of aromatic nitrogens is 4. The molecular weight excluding hydrogens is 466 g/mol. The van der Waals surface area contributed by atoms with Gasteiger partial charge in [-0.2, -0.15) is 4.98 Å². The van der Waals surface area contributed by atoms with Crippen LogP contribution in [0.2, 0.25) is 0 Å². The van der Waals surface area contributed by atoms with Crippen LogP contribution in [0.3, 0.4) is 0 Å². The van der Waals surface area contributed by atoms with Crippen molar-refractivity contribution in [2.45, 2.75) is 52.1 Å². The van der Waals surface area contributed by atoms with Crippen LogP contribution in [0.4, 0.5) is 11.6 Å². The number of carboxylic acids is 1. The van der Waals surface area contributed by atoms with Crippen molar-refractivity contribution in [3.8, 4) is 0 Å². The summed E-state index contributed by atoms with van der Waals surface area (Å²) < 4.78 is 0. The van der Waals surface area contributed by atoms with E-state index in [1.807, 2.05) is 13.8 Å². The summed E-state index contributed by atoms with van der Waals surface area (Å²) in [4.78, 5) is 63.0. The number of rotatable bonds is 12. The zero-order valence-corrected chi connectivity index (χ0v) is 20.1. The number of hydrogen-bond donors (Lipinski definition) is 5. The van der Waals surface area contributed by atoms with Crippen LogP contribution in [0.5, 0.6) is 0 Å². The summed E-state index contributed by atoms with van der Waals surface area (Å²) >= 11 is 0. The average molecular weight is 496 g/mol. The summed E-state index contributed by atoms with van der Waals surface area (Å²) in [6, 6.07) is 5.25. The van der Waals surface area contributed by atoms with E-state index in [2.05, 4.69) is 30.6 Å². The number of benzene rings is 1. The summed E-state index contributed by atoms with van der Waals surface area (Å²) in [5.74, 6) is -1.91. The maximum absolute atomic E-state index is 12.6. The number of nitrogen functional groups attached to an aromatic ring is 1. The third-order valence-electron chi connectivity index (χ3n) is 5.66. The van der Waals surface area contributed by atoms with Crippen LogP contribution in [0.15, 0.2) is 35.3 Å². The van der Waals surface area contributed by atoms with Gasteiger partial charge in [-0.25, -0.2) is 14.8 Å². The van der Waals surface area contributed by atoms with Gasteiger partial charge in [0.25, 0.3) is 11.5 Å². The zero-order valence-electron chi connectivity index (χ0n) is 20.1. The van der Waals surface area contributed by atoms with Gasteiger partial charge in [-0.15, -0.1) is 0 Å². The molecule has 3 aromatic rings. The molecule has 0 fully saturated rings. The monoisotopic (exact) mass is 495 g/mol. The van der Waals surface area contributed by atoms with Gasteiger partial charge < -0.3 is 21.5 Å². The highest BCUT2D eigenvalue weighted by atomic mass is 16.4. The molecule has 1 unspecified atom stereocenters. The molecule has 0 aliphatic carbocycles. The number of nitrogens with two attached hydrogens (primary N) is 1. The number of aliphatic carboxylic acids is 1. The van der Waals surface area contributed by atoms with Gasteiger partial charge in [0.2, 0.25) is 5.95 Å². The molecular formula is C24H29N7O5. The Labute approximate surface area is 206 Å². The Morgan fingerprint density at radius 2 is 1.86 bits per heavy atom. The van der Waals surface area contributed by atoms with Gasteiger partial charge in [-0.05, 0) is 37.1 Å². The molecule has 0 saturated carbocycles. The van der Waals surface area contributed by atoms with E-state index in [1.54, 1.807) is 24.3 Å². The van der Waals surface area contributed by atoms with Crippen molar-refractivity contribution < 1.29 is 19.5 Å². The van der Waals surface area contributed by atoms with Crippen molar-refractivity contribution in [2.75, 3.05) is 11.1 Å². The molecule has 6 N–H and O–H groups in total. The van der Waals surface area contributed by atoms with Crippen molar-refractivity contribution >= 4 is 40.5 Å². The van der Waals surface area contributed by atoms with Gasteiger partial charge in [0.05, 0.1) is 18.4 Å². The van der Waals surface area contributed by atoms with Crippen molar-refractivity contribution in [3.05, 3.63) is 52.1 Å². The Morgan fingerprint density at radius 1 is 1.14 bits per heavy atom. The molecule has 2 aromatic heterocycles. The lowest BCUT2D eigenvalue weighted by Crippen LogP contribution is -2.41. The molecule has 0 spiro atoms. The maximum atomic E-state index is 12.6. The van der Waals surface area contributed by atoms with Crippen molar-refractivity contribution in [1.29, 1.82) is 0 Å². The van der Waals surface area contributed by atoms with Gasteiger partial charge in [-0.3, -0.25) is 19.4 Å². The van der Waals surface area contributed by atoms with Crippen molar-refractivity contribution in [3.63, 3.8) is 0 Å². The van der Waals surface area contributed by atoms with Crippen LogP contribution in [-0.2, 0) is 16.1 Å². The molecule has 1 aromatic carbocycles. The number of H-pyrrole nitrogens is 1. The minimum Gasteiger partial charge on any atom is -0.480 e. The molecule has 3 rings (SSSR count). The molecule has 12 heteroatoms. The summed E-state index contributed by atoms with van der Waals surface area (Å²) in [5.41, 5.74) is 6.68. The van der Waals surface area contributed by atoms with Gasteiger partial charge in [0.15, 0.2) is 11.2 Å². The van der Waals surface area contributed by atoms with E-state index in [0.29, 0.717) is 11.4 Å². The van der Waals surface area contributed by atoms with E-state index in [-0.39, 0.29) is 53.8 Å². The zero-order chi connectivity index (χ0) is 26.2. The fourth-order valence-corrected chi connectivity index (χ4v) is 3.61. The number of amides is 1. The number of carboxylic acid groups (broad SMARTS) is 1. The summed E-state index contributed by atoms with van der Waals surface area (Å²) in [7, 11) is 0. The second kappa shape index (κ2) is 11.9. The van der Waals surface area contributed by atoms with Crippen LogP contribution in [0.1, 0.15) is 55.6 Å². The van der Waals surface area contributed by atoms with Crippen LogP contribution in [0, 0.1) is 5.92 Å². The number of hydrogen-bond acceptors (Lipinski definition) is 9. The van der Waals surface area contributed by atoms with E-state index >= 15 is 0 Å². The third kappa shape index (κ3) is 6.84. The summed E-state index contributed by atoms with van der Waals surface area (Å²) in [6.45, 7) is 4.07. The fraction of sp³-hybridized carbons (Fsp3) is 0.375. The molecule has 0 saturated heterocycles. The number of fused-ring (bicyclic) bond motifs is 1. The number of nitrogens with zero attached hydrogens (tertiary/aromatic N) is 3. The number of anilines is 2. The maximum Gasteiger partial charge on any atom is 0.326 e. The number of ketones is 1. The topological polar surface area (TPSA) is 193 Å². The predicted octanol–water partition coefficient (Wildman–Crippen LogP) is 1.88. The highest BCUT2D eigenvalue weighted by Crippen LogP contribution is 2.14. The second-order valence-electron chi connectivity index (χ2n) is 8.47.